The van der Waals surface area contributed by atoms with E-state index in [0.29, 0.717) is 24.5 Å². The van der Waals surface area contributed by atoms with Crippen LogP contribution in [0.25, 0.3) is 0 Å². The largest absolute Gasteiger partial charge is 0.495 e. The van der Waals surface area contributed by atoms with E-state index in [2.05, 4.69) is 5.32 Å². The number of para-hydroxylation sites is 2. The SMILES string of the molecule is COc1ccccc1NC(=O)CN1C[C@@H](C)[C@H](C(=O)O)C1. The van der Waals surface area contributed by atoms with Crippen molar-refractivity contribution in [3.8, 4) is 5.75 Å². The number of carbonyl (C=O) groups is 2. The number of carboxylic acid groups (broad SMARTS) is 1. The molecule has 1 aromatic rings. The fraction of sp³-hybridized carbons (Fsp3) is 0.467. The fourth-order valence-corrected chi connectivity index (χ4v) is 2.66. The van der Waals surface area contributed by atoms with Gasteiger partial charge in [0.15, 0.2) is 0 Å². The van der Waals surface area contributed by atoms with Crippen LogP contribution in [0.4, 0.5) is 5.69 Å². The van der Waals surface area contributed by atoms with E-state index < -0.39 is 11.9 Å². The monoisotopic (exact) mass is 292 g/mol. The third-order valence-electron chi connectivity index (χ3n) is 3.75. The number of carbonyl (C=O) groups excluding carboxylic acids is 1. The normalized spacial score (nSPS) is 22.0. The summed E-state index contributed by atoms with van der Waals surface area (Å²) in [5.74, 6) is -0.706. The van der Waals surface area contributed by atoms with E-state index in [-0.39, 0.29) is 18.4 Å². The molecule has 114 valence electrons. The van der Waals surface area contributed by atoms with Crippen LogP contribution in [0.3, 0.4) is 0 Å². The summed E-state index contributed by atoms with van der Waals surface area (Å²) < 4.78 is 5.18. The van der Waals surface area contributed by atoms with E-state index in [9.17, 15) is 9.59 Å². The highest BCUT2D eigenvalue weighted by atomic mass is 16.5. The van der Waals surface area contributed by atoms with Crippen molar-refractivity contribution in [2.45, 2.75) is 6.92 Å². The molecule has 0 bridgehead atoms. The van der Waals surface area contributed by atoms with Crippen LogP contribution in [-0.2, 0) is 9.59 Å². The van der Waals surface area contributed by atoms with Crippen molar-refractivity contribution in [1.82, 2.24) is 4.90 Å². The second kappa shape index (κ2) is 6.58. The van der Waals surface area contributed by atoms with Crippen LogP contribution >= 0.6 is 0 Å². The van der Waals surface area contributed by atoms with Gasteiger partial charge in [-0.1, -0.05) is 19.1 Å². The Morgan fingerprint density at radius 1 is 1.38 bits per heavy atom. The Bertz CT molecular complexity index is 532. The molecule has 2 rings (SSSR count). The number of rotatable bonds is 5. The first-order valence-corrected chi connectivity index (χ1v) is 6.89. The van der Waals surface area contributed by atoms with Crippen LogP contribution in [0.5, 0.6) is 5.75 Å². The van der Waals surface area contributed by atoms with E-state index in [0.717, 1.165) is 0 Å². The van der Waals surface area contributed by atoms with Crippen LogP contribution in [0.1, 0.15) is 6.92 Å². The highest BCUT2D eigenvalue weighted by molar-refractivity contribution is 5.93. The lowest BCUT2D eigenvalue weighted by molar-refractivity contribution is -0.142. The molecule has 0 radical (unpaired) electrons. The summed E-state index contributed by atoms with van der Waals surface area (Å²) >= 11 is 0. The second-order valence-electron chi connectivity index (χ2n) is 5.36. The van der Waals surface area contributed by atoms with Crippen molar-refractivity contribution in [2.75, 3.05) is 32.1 Å². The lowest BCUT2D eigenvalue weighted by Gasteiger charge is -2.16. The molecule has 2 N–H and O–H groups in total. The number of hydrogen-bond acceptors (Lipinski definition) is 4. The highest BCUT2D eigenvalue weighted by Gasteiger charge is 2.35. The van der Waals surface area contributed by atoms with E-state index in [4.69, 9.17) is 9.84 Å². The summed E-state index contributed by atoms with van der Waals surface area (Å²) in [6, 6.07) is 7.18. The molecule has 6 heteroatoms. The summed E-state index contributed by atoms with van der Waals surface area (Å²) in [5, 5.41) is 11.9. The van der Waals surface area contributed by atoms with E-state index in [1.165, 1.54) is 0 Å². The summed E-state index contributed by atoms with van der Waals surface area (Å²) in [6.07, 6.45) is 0. The Morgan fingerprint density at radius 3 is 2.71 bits per heavy atom. The van der Waals surface area contributed by atoms with Gasteiger partial charge in [0.1, 0.15) is 5.75 Å². The number of nitrogens with one attached hydrogen (secondary N) is 1. The maximum absolute atomic E-state index is 12.1. The standard InChI is InChI=1S/C15H20N2O4/c1-10-7-17(8-11(10)15(19)20)9-14(18)16-12-5-3-4-6-13(12)21-2/h3-6,10-11H,7-9H2,1-2H3,(H,16,18)(H,19,20)/t10-,11-/m1/s1. The number of likely N-dealkylation sites (tertiary alicyclic amines) is 1. The third kappa shape index (κ3) is 3.72. The summed E-state index contributed by atoms with van der Waals surface area (Å²) in [5.41, 5.74) is 0.618. The number of benzene rings is 1. The predicted molar refractivity (Wildman–Crippen MR) is 78.4 cm³/mol. The van der Waals surface area contributed by atoms with Crippen LogP contribution in [0, 0.1) is 11.8 Å². The minimum atomic E-state index is -0.796. The van der Waals surface area contributed by atoms with Crippen molar-refractivity contribution in [2.24, 2.45) is 11.8 Å². The molecule has 21 heavy (non-hydrogen) atoms. The summed E-state index contributed by atoms with van der Waals surface area (Å²) in [7, 11) is 1.55. The number of aliphatic carboxylic acids is 1. The molecule has 0 aromatic heterocycles. The number of ether oxygens (including phenoxy) is 1. The van der Waals surface area contributed by atoms with E-state index >= 15 is 0 Å². The van der Waals surface area contributed by atoms with Crippen molar-refractivity contribution < 1.29 is 19.4 Å². The first-order valence-electron chi connectivity index (χ1n) is 6.89. The van der Waals surface area contributed by atoms with Crippen molar-refractivity contribution in [3.05, 3.63) is 24.3 Å². The number of methoxy groups -OCH3 is 1. The number of amides is 1. The molecule has 1 aromatic carbocycles. The van der Waals surface area contributed by atoms with Crippen LogP contribution in [0.2, 0.25) is 0 Å². The average Bonchev–Trinajstić information content (AvgIpc) is 2.80. The number of nitrogens with zero attached hydrogens (tertiary/aromatic N) is 1. The Kier molecular flexibility index (Phi) is 4.80. The molecule has 0 unspecified atom stereocenters. The van der Waals surface area contributed by atoms with Gasteiger partial charge >= 0.3 is 5.97 Å². The quantitative estimate of drug-likeness (QED) is 0.855. The molecule has 0 aliphatic carbocycles. The van der Waals surface area contributed by atoms with Crippen molar-refractivity contribution >= 4 is 17.6 Å². The zero-order valence-corrected chi connectivity index (χ0v) is 12.2. The number of anilines is 1. The van der Waals surface area contributed by atoms with Gasteiger partial charge < -0.3 is 15.2 Å². The minimum Gasteiger partial charge on any atom is -0.495 e. The van der Waals surface area contributed by atoms with Gasteiger partial charge in [0.05, 0.1) is 25.3 Å². The van der Waals surface area contributed by atoms with Gasteiger partial charge in [-0.3, -0.25) is 14.5 Å². The molecule has 1 aliphatic rings. The molecule has 1 heterocycles. The van der Waals surface area contributed by atoms with Gasteiger partial charge in [-0.25, -0.2) is 0 Å². The second-order valence-corrected chi connectivity index (χ2v) is 5.36. The molecule has 1 saturated heterocycles. The molecular formula is C15H20N2O4. The molecule has 1 amide bonds. The van der Waals surface area contributed by atoms with Crippen molar-refractivity contribution in [1.29, 1.82) is 0 Å². The Morgan fingerprint density at radius 2 is 2.10 bits per heavy atom. The molecule has 2 atom stereocenters. The fourth-order valence-electron chi connectivity index (χ4n) is 2.66. The molecule has 0 spiro atoms. The maximum atomic E-state index is 12.1. The zero-order chi connectivity index (χ0) is 15.4. The predicted octanol–water partition coefficient (Wildman–Crippen LogP) is 1.29. The van der Waals surface area contributed by atoms with Gasteiger partial charge in [0.25, 0.3) is 0 Å². The molecule has 0 saturated carbocycles. The van der Waals surface area contributed by atoms with Gasteiger partial charge in [-0.05, 0) is 18.1 Å². The van der Waals surface area contributed by atoms with Gasteiger partial charge in [-0.2, -0.15) is 0 Å². The van der Waals surface area contributed by atoms with Crippen molar-refractivity contribution in [3.63, 3.8) is 0 Å². The first kappa shape index (κ1) is 15.3. The smallest absolute Gasteiger partial charge is 0.308 e. The Balaban J connectivity index is 1.92. The van der Waals surface area contributed by atoms with Crippen LogP contribution < -0.4 is 10.1 Å². The topological polar surface area (TPSA) is 78.9 Å². The molecule has 6 nitrogen and oxygen atoms in total. The molecule has 1 aliphatic heterocycles. The lowest BCUT2D eigenvalue weighted by atomic mass is 9.99. The van der Waals surface area contributed by atoms with Crippen LogP contribution in [0.15, 0.2) is 24.3 Å². The first-order chi connectivity index (χ1) is 10.0. The van der Waals surface area contributed by atoms with Gasteiger partial charge in [0.2, 0.25) is 5.91 Å². The van der Waals surface area contributed by atoms with Crippen LogP contribution in [-0.4, -0.2) is 48.6 Å². The van der Waals surface area contributed by atoms with E-state index in [1.807, 2.05) is 24.0 Å². The number of carboxylic acids is 1. The number of hydrogen-bond donors (Lipinski definition) is 2. The minimum absolute atomic E-state index is 0.0570. The van der Waals surface area contributed by atoms with E-state index in [1.54, 1.807) is 19.2 Å². The highest BCUT2D eigenvalue weighted by Crippen LogP contribution is 2.25. The molecule has 1 fully saturated rings. The van der Waals surface area contributed by atoms with Gasteiger partial charge in [0, 0.05) is 13.1 Å². The van der Waals surface area contributed by atoms with Gasteiger partial charge in [-0.15, -0.1) is 0 Å². The Hall–Kier alpha value is -2.08. The third-order valence-corrected chi connectivity index (χ3v) is 3.75. The maximum Gasteiger partial charge on any atom is 0.308 e. The summed E-state index contributed by atoms with van der Waals surface area (Å²) in [4.78, 5) is 25.0. The summed E-state index contributed by atoms with van der Waals surface area (Å²) in [6.45, 7) is 3.12. The Labute approximate surface area is 123 Å². The molecular weight excluding hydrogens is 272 g/mol. The zero-order valence-electron chi connectivity index (χ0n) is 12.2. The lowest BCUT2D eigenvalue weighted by Crippen LogP contribution is -2.32. The average molecular weight is 292 g/mol.